The number of nitrogens with one attached hydrogen (secondary N) is 1. The first-order valence-corrected chi connectivity index (χ1v) is 6.14. The lowest BCUT2D eigenvalue weighted by Crippen LogP contribution is -2.24. The second kappa shape index (κ2) is 4.18. The van der Waals surface area contributed by atoms with Crippen molar-refractivity contribution in [2.24, 2.45) is 4.99 Å². The first kappa shape index (κ1) is 10.3. The van der Waals surface area contributed by atoms with Gasteiger partial charge in [0.2, 0.25) is 0 Å². The number of ether oxygens (including phenoxy) is 1. The van der Waals surface area contributed by atoms with Gasteiger partial charge in [-0.25, -0.2) is 9.79 Å². The highest BCUT2D eigenvalue weighted by Gasteiger charge is 2.16. The number of benzene rings is 1. The first-order valence-electron chi connectivity index (χ1n) is 5.32. The van der Waals surface area contributed by atoms with Gasteiger partial charge in [0, 0.05) is 11.2 Å². The highest BCUT2D eigenvalue weighted by molar-refractivity contribution is 7.20. The van der Waals surface area contributed by atoms with Gasteiger partial charge in [0.05, 0.1) is 6.54 Å². The Morgan fingerprint density at radius 2 is 2.29 bits per heavy atom. The molecule has 0 aliphatic carbocycles. The molecule has 0 saturated heterocycles. The molecule has 1 aromatic heterocycles. The molecule has 0 bridgehead atoms. The molecule has 1 aromatic carbocycles. The second-order valence-corrected chi connectivity index (χ2v) is 4.74. The number of rotatable bonds is 1. The highest BCUT2D eigenvalue weighted by Crippen LogP contribution is 2.25. The molecule has 0 radical (unpaired) electrons. The van der Waals surface area contributed by atoms with E-state index in [2.05, 4.69) is 10.3 Å². The van der Waals surface area contributed by atoms with Gasteiger partial charge < -0.3 is 10.1 Å². The number of carbonyl (C=O) groups is 1. The second-order valence-electron chi connectivity index (χ2n) is 3.65. The number of esters is 1. The van der Waals surface area contributed by atoms with Crippen molar-refractivity contribution in [2.75, 3.05) is 13.1 Å². The van der Waals surface area contributed by atoms with Crippen molar-refractivity contribution in [3.63, 3.8) is 0 Å². The maximum Gasteiger partial charge on any atom is 0.356 e. The Bertz CT molecular complexity index is 570. The summed E-state index contributed by atoms with van der Waals surface area (Å²) in [7, 11) is 0. The minimum absolute atomic E-state index is 0.326. The van der Waals surface area contributed by atoms with Crippen LogP contribution >= 0.6 is 11.3 Å². The van der Waals surface area contributed by atoms with Gasteiger partial charge in [-0.15, -0.1) is 11.3 Å². The number of nitrogens with zero attached hydrogens (tertiary/aromatic N) is 1. The minimum Gasteiger partial charge on any atom is -0.388 e. The molecule has 5 heteroatoms. The summed E-state index contributed by atoms with van der Waals surface area (Å²) in [4.78, 5) is 16.5. The highest BCUT2D eigenvalue weighted by atomic mass is 32.1. The predicted molar refractivity (Wildman–Crippen MR) is 67.5 cm³/mol. The van der Waals surface area contributed by atoms with Gasteiger partial charge in [-0.3, -0.25) is 0 Å². The zero-order chi connectivity index (χ0) is 11.7. The summed E-state index contributed by atoms with van der Waals surface area (Å²) in [6.45, 7) is 1.39. The average Bonchev–Trinajstić information content (AvgIpc) is 2.96. The van der Waals surface area contributed by atoms with Crippen LogP contribution in [-0.4, -0.2) is 25.1 Å². The van der Waals surface area contributed by atoms with Crippen molar-refractivity contribution in [1.29, 1.82) is 0 Å². The Morgan fingerprint density at radius 3 is 3.06 bits per heavy atom. The van der Waals surface area contributed by atoms with Crippen LogP contribution in [0.4, 0.5) is 0 Å². The summed E-state index contributed by atoms with van der Waals surface area (Å²) in [5.41, 5.74) is 0. The topological polar surface area (TPSA) is 50.7 Å². The number of amidine groups is 1. The van der Waals surface area contributed by atoms with Gasteiger partial charge in [-0.05, 0) is 17.5 Å². The zero-order valence-corrected chi connectivity index (χ0v) is 9.79. The summed E-state index contributed by atoms with van der Waals surface area (Å²) in [5, 5.41) is 3.96. The predicted octanol–water partition coefficient (Wildman–Crippen LogP) is 2.02. The number of fused-ring (bicyclic) bond motifs is 1. The standard InChI is InChI=1S/C12H10N2O2S/c15-11(16-12-13-5-6-14-12)10-7-8-3-1-2-4-9(8)17-10/h1-4,7H,5-6H2,(H,13,14). The van der Waals surface area contributed by atoms with E-state index < -0.39 is 0 Å². The van der Waals surface area contributed by atoms with E-state index in [4.69, 9.17) is 4.74 Å². The third kappa shape index (κ3) is 2.01. The Labute approximate surface area is 102 Å². The largest absolute Gasteiger partial charge is 0.388 e. The van der Waals surface area contributed by atoms with E-state index in [0.717, 1.165) is 16.6 Å². The lowest BCUT2D eigenvalue weighted by Gasteiger charge is -2.00. The quantitative estimate of drug-likeness (QED) is 0.783. The lowest BCUT2D eigenvalue weighted by molar-refractivity contribution is 0.0715. The number of carbonyl (C=O) groups excluding carboxylic acids is 1. The molecule has 2 heterocycles. The number of hydrogen-bond donors (Lipinski definition) is 1. The van der Waals surface area contributed by atoms with Gasteiger partial charge in [-0.1, -0.05) is 18.2 Å². The first-order chi connectivity index (χ1) is 8.33. The maximum atomic E-state index is 11.8. The molecule has 0 spiro atoms. The Kier molecular flexibility index (Phi) is 2.53. The van der Waals surface area contributed by atoms with Crippen LogP contribution < -0.4 is 5.32 Å². The van der Waals surface area contributed by atoms with Crippen LogP contribution in [0.15, 0.2) is 35.3 Å². The molecule has 0 amide bonds. The summed E-state index contributed by atoms with van der Waals surface area (Å²) < 4.78 is 6.22. The Balaban J connectivity index is 1.85. The minimum atomic E-state index is -0.348. The van der Waals surface area contributed by atoms with E-state index in [9.17, 15) is 4.79 Å². The normalized spacial score (nSPS) is 14.5. The third-order valence-corrected chi connectivity index (χ3v) is 3.56. The molecule has 17 heavy (non-hydrogen) atoms. The van der Waals surface area contributed by atoms with Crippen molar-refractivity contribution >= 4 is 33.4 Å². The van der Waals surface area contributed by atoms with Crippen LogP contribution in [-0.2, 0) is 4.74 Å². The van der Waals surface area contributed by atoms with Crippen LogP contribution in [0.1, 0.15) is 9.67 Å². The van der Waals surface area contributed by atoms with Crippen LogP contribution in [0.25, 0.3) is 10.1 Å². The van der Waals surface area contributed by atoms with Crippen LogP contribution in [0.5, 0.6) is 0 Å². The molecule has 86 valence electrons. The molecule has 4 nitrogen and oxygen atoms in total. The van der Waals surface area contributed by atoms with Gasteiger partial charge in [0.1, 0.15) is 4.88 Å². The molecule has 1 aliphatic rings. The van der Waals surface area contributed by atoms with E-state index in [1.807, 2.05) is 30.3 Å². The molecule has 2 aromatic rings. The molecule has 1 aliphatic heterocycles. The van der Waals surface area contributed by atoms with E-state index >= 15 is 0 Å². The lowest BCUT2D eigenvalue weighted by atomic mass is 10.2. The summed E-state index contributed by atoms with van der Waals surface area (Å²) in [6.07, 6.45) is 0. The molecule has 0 unspecified atom stereocenters. The van der Waals surface area contributed by atoms with Crippen molar-refractivity contribution in [2.45, 2.75) is 0 Å². The fourth-order valence-corrected chi connectivity index (χ4v) is 2.60. The van der Waals surface area contributed by atoms with Crippen molar-refractivity contribution in [3.05, 3.63) is 35.2 Å². The number of aliphatic imine (C=N–C) groups is 1. The van der Waals surface area contributed by atoms with Crippen LogP contribution in [0.3, 0.4) is 0 Å². The van der Waals surface area contributed by atoms with Gasteiger partial charge in [-0.2, -0.15) is 0 Å². The summed E-state index contributed by atoms with van der Waals surface area (Å²) in [6, 6.07) is 10.0. The Morgan fingerprint density at radius 1 is 1.41 bits per heavy atom. The SMILES string of the molecule is O=C(OC1=NCCN1)c1cc2ccccc2s1. The van der Waals surface area contributed by atoms with E-state index in [-0.39, 0.29) is 5.97 Å². The van der Waals surface area contributed by atoms with Crippen molar-refractivity contribution in [1.82, 2.24) is 5.32 Å². The number of hydrogen-bond acceptors (Lipinski definition) is 5. The summed E-state index contributed by atoms with van der Waals surface area (Å²) in [5.74, 6) is -0.348. The molecular formula is C12H10N2O2S. The van der Waals surface area contributed by atoms with E-state index in [1.54, 1.807) is 0 Å². The average molecular weight is 246 g/mol. The zero-order valence-electron chi connectivity index (χ0n) is 8.97. The molecular weight excluding hydrogens is 236 g/mol. The fourth-order valence-electron chi connectivity index (χ4n) is 1.67. The number of thiophene rings is 1. The molecule has 0 fully saturated rings. The van der Waals surface area contributed by atoms with E-state index in [1.165, 1.54) is 11.3 Å². The smallest absolute Gasteiger partial charge is 0.356 e. The van der Waals surface area contributed by atoms with Crippen LogP contribution in [0.2, 0.25) is 0 Å². The van der Waals surface area contributed by atoms with Crippen LogP contribution in [0, 0.1) is 0 Å². The van der Waals surface area contributed by atoms with Crippen molar-refractivity contribution in [3.8, 4) is 0 Å². The molecule has 1 N–H and O–H groups in total. The van der Waals surface area contributed by atoms with Gasteiger partial charge in [0.15, 0.2) is 0 Å². The summed E-state index contributed by atoms with van der Waals surface area (Å²) >= 11 is 1.43. The molecule has 0 atom stereocenters. The van der Waals surface area contributed by atoms with Gasteiger partial charge >= 0.3 is 5.97 Å². The van der Waals surface area contributed by atoms with Crippen molar-refractivity contribution < 1.29 is 9.53 Å². The Hall–Kier alpha value is -1.88. The monoisotopic (exact) mass is 246 g/mol. The van der Waals surface area contributed by atoms with Gasteiger partial charge in [0.25, 0.3) is 6.02 Å². The molecule has 0 saturated carbocycles. The molecule has 3 rings (SSSR count). The third-order valence-electron chi connectivity index (χ3n) is 2.46. The van der Waals surface area contributed by atoms with E-state index in [0.29, 0.717) is 17.4 Å². The fraction of sp³-hybridized carbons (Fsp3) is 0.167. The maximum absolute atomic E-state index is 11.8.